The fourth-order valence-electron chi connectivity index (χ4n) is 2.67. The van der Waals surface area contributed by atoms with Gasteiger partial charge in [-0.15, -0.1) is 0 Å². The number of benzene rings is 1. The zero-order chi connectivity index (χ0) is 13.8. The second-order valence-electron chi connectivity index (χ2n) is 5.34. The molecule has 1 fully saturated rings. The van der Waals surface area contributed by atoms with Crippen molar-refractivity contribution < 1.29 is 8.78 Å². The van der Waals surface area contributed by atoms with Crippen LogP contribution in [0.4, 0.5) is 8.78 Å². The van der Waals surface area contributed by atoms with Gasteiger partial charge in [-0.05, 0) is 57.1 Å². The van der Waals surface area contributed by atoms with E-state index >= 15 is 0 Å². The number of halogens is 2. The Labute approximate surface area is 113 Å². The molecule has 1 saturated heterocycles. The van der Waals surface area contributed by atoms with E-state index in [1.807, 2.05) is 6.92 Å². The molecule has 0 spiro atoms. The monoisotopic (exact) mass is 268 g/mol. The highest BCUT2D eigenvalue weighted by molar-refractivity contribution is 5.21. The molecule has 0 saturated carbocycles. The normalized spacial score (nSPS) is 21.8. The van der Waals surface area contributed by atoms with Crippen LogP contribution in [0.5, 0.6) is 0 Å². The molecule has 1 aliphatic rings. The quantitative estimate of drug-likeness (QED) is 0.883. The second kappa shape index (κ2) is 6.44. The summed E-state index contributed by atoms with van der Waals surface area (Å²) >= 11 is 0. The molecule has 4 heteroatoms. The smallest absolute Gasteiger partial charge is 0.128 e. The van der Waals surface area contributed by atoms with Crippen molar-refractivity contribution in [1.82, 2.24) is 10.2 Å². The van der Waals surface area contributed by atoms with E-state index in [1.165, 1.54) is 18.6 Å². The zero-order valence-electron chi connectivity index (χ0n) is 11.6. The topological polar surface area (TPSA) is 15.3 Å². The Balaban J connectivity index is 1.87. The molecule has 1 aromatic rings. The molecule has 0 bridgehead atoms. The number of hydrogen-bond acceptors (Lipinski definition) is 2. The van der Waals surface area contributed by atoms with E-state index in [2.05, 4.69) is 17.1 Å². The molecule has 2 unspecified atom stereocenters. The van der Waals surface area contributed by atoms with E-state index in [-0.39, 0.29) is 17.7 Å². The van der Waals surface area contributed by atoms with E-state index in [0.717, 1.165) is 32.2 Å². The van der Waals surface area contributed by atoms with Crippen molar-refractivity contribution >= 4 is 0 Å². The van der Waals surface area contributed by atoms with Crippen LogP contribution in [0.3, 0.4) is 0 Å². The van der Waals surface area contributed by atoms with Gasteiger partial charge in [0.15, 0.2) is 0 Å². The molecule has 1 aromatic carbocycles. The predicted molar refractivity (Wildman–Crippen MR) is 73.0 cm³/mol. The van der Waals surface area contributed by atoms with Crippen LogP contribution in [0, 0.1) is 17.6 Å². The Morgan fingerprint density at radius 2 is 2.21 bits per heavy atom. The Kier molecular flexibility index (Phi) is 4.88. The maximum atomic E-state index is 13.6. The third-order valence-electron chi connectivity index (χ3n) is 3.95. The van der Waals surface area contributed by atoms with Gasteiger partial charge in [0, 0.05) is 18.2 Å². The van der Waals surface area contributed by atoms with Gasteiger partial charge in [-0.25, -0.2) is 8.78 Å². The van der Waals surface area contributed by atoms with Gasteiger partial charge in [-0.1, -0.05) is 6.92 Å². The third kappa shape index (κ3) is 3.74. The van der Waals surface area contributed by atoms with Crippen molar-refractivity contribution in [2.45, 2.75) is 26.3 Å². The molecule has 0 aromatic heterocycles. The van der Waals surface area contributed by atoms with Crippen LogP contribution in [0.1, 0.15) is 31.9 Å². The molecule has 1 heterocycles. The molecule has 19 heavy (non-hydrogen) atoms. The largest absolute Gasteiger partial charge is 0.310 e. The van der Waals surface area contributed by atoms with Crippen LogP contribution in [-0.4, -0.2) is 31.1 Å². The van der Waals surface area contributed by atoms with E-state index in [9.17, 15) is 8.78 Å². The van der Waals surface area contributed by atoms with Crippen molar-refractivity contribution in [3.05, 3.63) is 35.4 Å². The van der Waals surface area contributed by atoms with Gasteiger partial charge in [0.05, 0.1) is 0 Å². The van der Waals surface area contributed by atoms with Crippen LogP contribution in [0.15, 0.2) is 18.2 Å². The summed E-state index contributed by atoms with van der Waals surface area (Å²) in [4.78, 5) is 2.42. The van der Waals surface area contributed by atoms with Crippen LogP contribution < -0.4 is 5.32 Å². The van der Waals surface area contributed by atoms with E-state index in [0.29, 0.717) is 11.5 Å². The summed E-state index contributed by atoms with van der Waals surface area (Å²) in [5.41, 5.74) is 0.408. The highest BCUT2D eigenvalue weighted by Gasteiger charge is 2.22. The van der Waals surface area contributed by atoms with E-state index in [4.69, 9.17) is 0 Å². The lowest BCUT2D eigenvalue weighted by Gasteiger charge is -2.18. The lowest BCUT2D eigenvalue weighted by molar-refractivity contribution is 0.335. The minimum absolute atomic E-state index is 0.161. The van der Waals surface area contributed by atoms with Gasteiger partial charge in [0.2, 0.25) is 0 Å². The molecule has 0 radical (unpaired) electrons. The lowest BCUT2D eigenvalue weighted by Crippen LogP contribution is -2.28. The molecule has 2 atom stereocenters. The van der Waals surface area contributed by atoms with Crippen molar-refractivity contribution in [2.24, 2.45) is 5.92 Å². The van der Waals surface area contributed by atoms with Gasteiger partial charge >= 0.3 is 0 Å². The number of nitrogens with one attached hydrogen (secondary N) is 1. The highest BCUT2D eigenvalue weighted by Crippen LogP contribution is 2.20. The zero-order valence-corrected chi connectivity index (χ0v) is 11.6. The Hall–Kier alpha value is -1.00. The van der Waals surface area contributed by atoms with E-state index in [1.54, 1.807) is 0 Å². The minimum Gasteiger partial charge on any atom is -0.310 e. The van der Waals surface area contributed by atoms with Crippen LogP contribution in [0.25, 0.3) is 0 Å². The molecular weight excluding hydrogens is 246 g/mol. The fraction of sp³-hybridized carbons (Fsp3) is 0.600. The van der Waals surface area contributed by atoms with Crippen molar-refractivity contribution in [2.75, 3.05) is 26.2 Å². The summed E-state index contributed by atoms with van der Waals surface area (Å²) in [7, 11) is 0. The second-order valence-corrected chi connectivity index (χ2v) is 5.34. The Morgan fingerprint density at radius 1 is 1.42 bits per heavy atom. The third-order valence-corrected chi connectivity index (χ3v) is 3.95. The van der Waals surface area contributed by atoms with Gasteiger partial charge in [0.25, 0.3) is 0 Å². The SMILES string of the molecule is CCN1CCC(CNC(C)c2cc(F)ccc2F)C1. The molecule has 0 aliphatic carbocycles. The maximum Gasteiger partial charge on any atom is 0.128 e. The number of likely N-dealkylation sites (tertiary alicyclic amines) is 1. The summed E-state index contributed by atoms with van der Waals surface area (Å²) in [6.45, 7) is 8.23. The Morgan fingerprint density at radius 3 is 2.89 bits per heavy atom. The van der Waals surface area contributed by atoms with Gasteiger partial charge in [0.1, 0.15) is 11.6 Å². The summed E-state index contributed by atoms with van der Waals surface area (Å²) in [5, 5.41) is 3.32. The van der Waals surface area contributed by atoms with Crippen LogP contribution >= 0.6 is 0 Å². The van der Waals surface area contributed by atoms with Crippen LogP contribution in [-0.2, 0) is 0 Å². The fourth-order valence-corrected chi connectivity index (χ4v) is 2.67. The number of hydrogen-bond donors (Lipinski definition) is 1. The van der Waals surface area contributed by atoms with Gasteiger partial charge in [-0.2, -0.15) is 0 Å². The first-order valence-corrected chi connectivity index (χ1v) is 7.00. The molecule has 106 valence electrons. The molecule has 2 rings (SSSR count). The number of rotatable bonds is 5. The molecular formula is C15H22F2N2. The van der Waals surface area contributed by atoms with Crippen molar-refractivity contribution in [3.63, 3.8) is 0 Å². The first kappa shape index (κ1) is 14.4. The molecule has 1 N–H and O–H groups in total. The van der Waals surface area contributed by atoms with Gasteiger partial charge < -0.3 is 10.2 Å². The lowest BCUT2D eigenvalue weighted by atomic mass is 10.1. The first-order chi connectivity index (χ1) is 9.10. The van der Waals surface area contributed by atoms with Crippen molar-refractivity contribution in [1.29, 1.82) is 0 Å². The molecule has 1 aliphatic heterocycles. The highest BCUT2D eigenvalue weighted by atomic mass is 19.1. The Bertz CT molecular complexity index is 423. The van der Waals surface area contributed by atoms with E-state index < -0.39 is 0 Å². The minimum atomic E-state index is -0.386. The standard InChI is InChI=1S/C15H22F2N2/c1-3-19-7-6-12(10-19)9-18-11(2)14-8-13(16)4-5-15(14)17/h4-5,8,11-12,18H,3,6-7,9-10H2,1-2H3. The summed E-state index contributed by atoms with van der Waals surface area (Å²) in [6, 6.07) is 3.46. The van der Waals surface area contributed by atoms with Crippen molar-refractivity contribution in [3.8, 4) is 0 Å². The average Bonchev–Trinajstić information content (AvgIpc) is 2.87. The molecule has 0 amide bonds. The van der Waals surface area contributed by atoms with Crippen LogP contribution in [0.2, 0.25) is 0 Å². The summed E-state index contributed by atoms with van der Waals surface area (Å²) in [5.74, 6) is -0.120. The predicted octanol–water partition coefficient (Wildman–Crippen LogP) is 2.96. The van der Waals surface area contributed by atoms with Gasteiger partial charge in [-0.3, -0.25) is 0 Å². The maximum absolute atomic E-state index is 13.6. The average molecular weight is 268 g/mol. The molecule has 2 nitrogen and oxygen atoms in total. The first-order valence-electron chi connectivity index (χ1n) is 7.00. The summed E-state index contributed by atoms with van der Waals surface area (Å²) in [6.07, 6.45) is 1.18. The summed E-state index contributed by atoms with van der Waals surface area (Å²) < 4.78 is 26.8. The number of nitrogens with zero attached hydrogens (tertiary/aromatic N) is 1.